The Morgan fingerprint density at radius 3 is 2.37 bits per heavy atom. The highest BCUT2D eigenvalue weighted by molar-refractivity contribution is 7.92. The topological polar surface area (TPSA) is 66.5 Å². The normalized spacial score (nSPS) is 11.1. The molecule has 0 aliphatic carbocycles. The Kier molecular flexibility index (Phi) is 6.38. The highest BCUT2D eigenvalue weighted by atomic mass is 32.2. The van der Waals surface area contributed by atoms with E-state index in [2.05, 4.69) is 11.3 Å². The lowest BCUT2D eigenvalue weighted by molar-refractivity contribution is 0.0777. The maximum absolute atomic E-state index is 13.0. The molecule has 0 atom stereocenters. The molecule has 0 saturated heterocycles. The van der Waals surface area contributed by atoms with E-state index in [1.807, 2.05) is 13.8 Å². The molecule has 5 nitrogen and oxygen atoms in total. The number of anilines is 1. The summed E-state index contributed by atoms with van der Waals surface area (Å²) in [5.41, 5.74) is 2.08. The molecular formula is C20H23FN2O3S. The molecule has 144 valence electrons. The van der Waals surface area contributed by atoms with Crippen LogP contribution in [0.5, 0.6) is 0 Å². The summed E-state index contributed by atoms with van der Waals surface area (Å²) in [6.45, 7) is 10.1. The van der Waals surface area contributed by atoms with Gasteiger partial charge in [0.1, 0.15) is 5.82 Å². The van der Waals surface area contributed by atoms with E-state index >= 15 is 0 Å². The fourth-order valence-electron chi connectivity index (χ4n) is 2.55. The van der Waals surface area contributed by atoms with Crippen molar-refractivity contribution in [2.45, 2.75) is 25.7 Å². The molecule has 0 aliphatic heterocycles. The number of rotatable bonds is 7. The molecule has 2 rings (SSSR count). The van der Waals surface area contributed by atoms with Crippen LogP contribution < -0.4 is 4.72 Å². The molecule has 1 amide bonds. The van der Waals surface area contributed by atoms with Gasteiger partial charge in [-0.3, -0.25) is 9.52 Å². The molecule has 0 unspecified atom stereocenters. The zero-order valence-corrected chi connectivity index (χ0v) is 16.4. The number of aryl methyl sites for hydroxylation is 1. The van der Waals surface area contributed by atoms with Crippen molar-refractivity contribution >= 4 is 21.6 Å². The SMILES string of the molecule is C=C(C)CN(CC)C(=O)c1cc(S(=O)(=O)Nc2ccc(F)cc2)ccc1C. The van der Waals surface area contributed by atoms with Crippen molar-refractivity contribution in [1.29, 1.82) is 0 Å². The van der Waals surface area contributed by atoms with Crippen LogP contribution in [0.4, 0.5) is 10.1 Å². The number of nitrogens with zero attached hydrogens (tertiary/aromatic N) is 1. The minimum Gasteiger partial charge on any atom is -0.335 e. The molecule has 0 heterocycles. The van der Waals surface area contributed by atoms with Crippen LogP contribution in [0.2, 0.25) is 0 Å². The molecular weight excluding hydrogens is 367 g/mol. The Morgan fingerprint density at radius 1 is 1.19 bits per heavy atom. The minimum atomic E-state index is -3.92. The second-order valence-electron chi connectivity index (χ2n) is 6.37. The summed E-state index contributed by atoms with van der Waals surface area (Å²) in [6, 6.07) is 9.40. The first-order valence-electron chi connectivity index (χ1n) is 8.46. The number of amides is 1. The summed E-state index contributed by atoms with van der Waals surface area (Å²) >= 11 is 0. The predicted octanol–water partition coefficient (Wildman–Crippen LogP) is 3.97. The minimum absolute atomic E-state index is 0.0350. The van der Waals surface area contributed by atoms with Gasteiger partial charge in [-0.05, 0) is 62.7 Å². The summed E-state index contributed by atoms with van der Waals surface area (Å²) < 4.78 is 40.7. The molecule has 0 saturated carbocycles. The molecule has 0 bridgehead atoms. The summed E-state index contributed by atoms with van der Waals surface area (Å²) in [5, 5.41) is 0. The number of carbonyl (C=O) groups excluding carboxylic acids is 1. The van der Waals surface area contributed by atoms with E-state index in [1.165, 1.54) is 36.4 Å². The Bertz CT molecular complexity index is 954. The number of likely N-dealkylation sites (N-methyl/N-ethyl adjacent to an activating group) is 1. The first-order valence-corrected chi connectivity index (χ1v) is 9.95. The van der Waals surface area contributed by atoms with Crippen molar-refractivity contribution in [3.8, 4) is 0 Å². The van der Waals surface area contributed by atoms with E-state index < -0.39 is 15.8 Å². The lowest BCUT2D eigenvalue weighted by Crippen LogP contribution is -2.32. The molecule has 0 fully saturated rings. The van der Waals surface area contributed by atoms with E-state index in [9.17, 15) is 17.6 Å². The fraction of sp³-hybridized carbons (Fsp3) is 0.250. The van der Waals surface area contributed by atoms with Crippen molar-refractivity contribution in [3.63, 3.8) is 0 Å². The lowest BCUT2D eigenvalue weighted by Gasteiger charge is -2.22. The molecule has 0 aliphatic rings. The number of benzene rings is 2. The third-order valence-electron chi connectivity index (χ3n) is 3.98. The van der Waals surface area contributed by atoms with E-state index in [1.54, 1.807) is 17.9 Å². The van der Waals surface area contributed by atoms with Gasteiger partial charge in [-0.15, -0.1) is 0 Å². The molecule has 2 aromatic rings. The smallest absolute Gasteiger partial charge is 0.261 e. The average molecular weight is 390 g/mol. The van der Waals surface area contributed by atoms with Crippen LogP contribution in [0.15, 0.2) is 59.5 Å². The third-order valence-corrected chi connectivity index (χ3v) is 5.35. The Labute approximate surface area is 159 Å². The van der Waals surface area contributed by atoms with Gasteiger partial charge >= 0.3 is 0 Å². The van der Waals surface area contributed by atoms with E-state index in [0.29, 0.717) is 24.2 Å². The van der Waals surface area contributed by atoms with Gasteiger partial charge in [0, 0.05) is 24.3 Å². The first kappa shape index (κ1) is 20.6. The quantitative estimate of drug-likeness (QED) is 0.728. The number of nitrogens with one attached hydrogen (secondary N) is 1. The standard InChI is InChI=1S/C20H23FN2O3S/c1-5-23(13-14(2)3)20(24)19-12-18(11-6-15(19)4)27(25,26)22-17-9-7-16(21)8-10-17/h6-12,22H,2,5,13H2,1,3-4H3. The van der Waals surface area contributed by atoms with Crippen LogP contribution in [-0.2, 0) is 10.0 Å². The zero-order chi connectivity index (χ0) is 20.2. The summed E-state index contributed by atoms with van der Waals surface area (Å²) in [4.78, 5) is 14.4. The van der Waals surface area contributed by atoms with Crippen molar-refractivity contribution < 1.29 is 17.6 Å². The van der Waals surface area contributed by atoms with Crippen LogP contribution in [0.1, 0.15) is 29.8 Å². The van der Waals surface area contributed by atoms with Crippen LogP contribution >= 0.6 is 0 Å². The van der Waals surface area contributed by atoms with Gasteiger partial charge in [0.15, 0.2) is 0 Å². The average Bonchev–Trinajstić information content (AvgIpc) is 2.61. The molecule has 7 heteroatoms. The van der Waals surface area contributed by atoms with E-state index in [-0.39, 0.29) is 16.5 Å². The van der Waals surface area contributed by atoms with Crippen LogP contribution in [0.3, 0.4) is 0 Å². The van der Waals surface area contributed by atoms with Gasteiger partial charge < -0.3 is 4.90 Å². The molecule has 0 radical (unpaired) electrons. The van der Waals surface area contributed by atoms with Crippen LogP contribution in [0.25, 0.3) is 0 Å². The Hall–Kier alpha value is -2.67. The molecule has 27 heavy (non-hydrogen) atoms. The van der Waals surface area contributed by atoms with Gasteiger partial charge in [-0.25, -0.2) is 12.8 Å². The highest BCUT2D eigenvalue weighted by Gasteiger charge is 2.21. The third kappa shape index (κ3) is 5.17. The van der Waals surface area contributed by atoms with Gasteiger partial charge in [-0.2, -0.15) is 0 Å². The molecule has 0 aromatic heterocycles. The number of sulfonamides is 1. The maximum atomic E-state index is 13.0. The molecule has 0 spiro atoms. The van der Waals surface area contributed by atoms with Crippen LogP contribution in [-0.4, -0.2) is 32.3 Å². The largest absolute Gasteiger partial charge is 0.335 e. The maximum Gasteiger partial charge on any atom is 0.261 e. The fourth-order valence-corrected chi connectivity index (χ4v) is 3.64. The molecule has 1 N–H and O–H groups in total. The predicted molar refractivity (Wildman–Crippen MR) is 105 cm³/mol. The number of carbonyl (C=O) groups is 1. The number of hydrogen-bond acceptors (Lipinski definition) is 3. The van der Waals surface area contributed by atoms with Crippen LogP contribution in [0, 0.1) is 12.7 Å². The van der Waals surface area contributed by atoms with Crippen molar-refractivity contribution in [2.75, 3.05) is 17.8 Å². The first-order chi connectivity index (χ1) is 12.6. The Balaban J connectivity index is 2.36. The molecule has 2 aromatic carbocycles. The zero-order valence-electron chi connectivity index (χ0n) is 15.6. The van der Waals surface area contributed by atoms with E-state index in [4.69, 9.17) is 0 Å². The second-order valence-corrected chi connectivity index (χ2v) is 8.05. The highest BCUT2D eigenvalue weighted by Crippen LogP contribution is 2.21. The number of hydrogen-bond donors (Lipinski definition) is 1. The van der Waals surface area contributed by atoms with Crippen molar-refractivity contribution in [1.82, 2.24) is 4.90 Å². The summed E-state index contributed by atoms with van der Waals surface area (Å²) in [7, 11) is -3.92. The monoisotopic (exact) mass is 390 g/mol. The van der Waals surface area contributed by atoms with Gasteiger partial charge in [0.2, 0.25) is 0 Å². The Morgan fingerprint density at radius 2 is 1.81 bits per heavy atom. The summed E-state index contributed by atoms with van der Waals surface area (Å²) in [5.74, 6) is -0.713. The van der Waals surface area contributed by atoms with Gasteiger partial charge in [-0.1, -0.05) is 18.2 Å². The van der Waals surface area contributed by atoms with Crippen molar-refractivity contribution in [2.24, 2.45) is 0 Å². The lowest BCUT2D eigenvalue weighted by atomic mass is 10.1. The van der Waals surface area contributed by atoms with Gasteiger partial charge in [0.05, 0.1) is 4.90 Å². The second kappa shape index (κ2) is 8.35. The summed E-state index contributed by atoms with van der Waals surface area (Å²) in [6.07, 6.45) is 0. The van der Waals surface area contributed by atoms with Gasteiger partial charge in [0.25, 0.3) is 15.9 Å². The van der Waals surface area contributed by atoms with Crippen molar-refractivity contribution in [3.05, 3.63) is 71.6 Å². The van der Waals surface area contributed by atoms with E-state index in [0.717, 1.165) is 5.57 Å². The number of halogens is 1.